The number of esters is 1. The number of carbonyl (C=O) groups is 1. The molecule has 2 aromatic carbocycles. The number of carbonyl (C=O) groups excluding carboxylic acids is 1. The molecule has 1 spiro atoms. The number of benzene rings is 2. The molecule has 0 saturated heterocycles. The van der Waals surface area contributed by atoms with Crippen molar-refractivity contribution in [2.45, 2.75) is 28.6 Å². The zero-order chi connectivity index (χ0) is 22.8. The Hall–Kier alpha value is -1.71. The van der Waals surface area contributed by atoms with Crippen LogP contribution < -0.4 is 4.74 Å². The molecule has 0 bridgehead atoms. The van der Waals surface area contributed by atoms with E-state index in [1.165, 1.54) is 24.3 Å². The quantitative estimate of drug-likeness (QED) is 0.336. The van der Waals surface area contributed by atoms with E-state index in [0.29, 0.717) is 17.1 Å². The molecule has 2 fully saturated rings. The minimum absolute atomic E-state index is 0.384. The highest BCUT2D eigenvalue weighted by atomic mass is 35.5. The third-order valence-corrected chi connectivity index (χ3v) is 8.92. The van der Waals surface area contributed by atoms with Crippen LogP contribution >= 0.6 is 46.4 Å². The standard InChI is InChI=1S/C22H16Cl4FNO3/c1-19(2)17(20(19)21(23,24)22(20,25)26)18(29)31-16(11-28)12-4-3-5-15(10-12)30-14-8-6-13(27)7-9-14/h3-10,16-17H,1-2H3. The van der Waals surface area contributed by atoms with E-state index < -0.39 is 37.5 Å². The lowest BCUT2D eigenvalue weighted by molar-refractivity contribution is -0.149. The van der Waals surface area contributed by atoms with Crippen LogP contribution in [0, 0.1) is 33.9 Å². The average molecular weight is 503 g/mol. The number of rotatable bonds is 5. The Balaban J connectivity index is 1.51. The first-order chi connectivity index (χ1) is 14.4. The van der Waals surface area contributed by atoms with Crippen LogP contribution in [0.2, 0.25) is 0 Å². The summed E-state index contributed by atoms with van der Waals surface area (Å²) >= 11 is 25.2. The fraction of sp³-hybridized carbons (Fsp3) is 0.364. The van der Waals surface area contributed by atoms with Gasteiger partial charge in [0.05, 0.1) is 11.3 Å². The Morgan fingerprint density at radius 3 is 2.19 bits per heavy atom. The second kappa shape index (κ2) is 7.15. The third-order valence-electron chi connectivity index (χ3n) is 6.21. The van der Waals surface area contributed by atoms with Crippen LogP contribution in [0.15, 0.2) is 48.5 Å². The highest BCUT2D eigenvalue weighted by Gasteiger charge is 3.05. The molecule has 0 heterocycles. The molecule has 4 rings (SSSR count). The van der Waals surface area contributed by atoms with Crippen molar-refractivity contribution < 1.29 is 18.7 Å². The Morgan fingerprint density at radius 2 is 1.68 bits per heavy atom. The molecular formula is C22H16Cl4FNO3. The molecule has 0 aromatic heterocycles. The van der Waals surface area contributed by atoms with Crippen molar-refractivity contribution in [1.29, 1.82) is 5.26 Å². The van der Waals surface area contributed by atoms with Crippen molar-refractivity contribution in [2.75, 3.05) is 0 Å². The number of hydrogen-bond acceptors (Lipinski definition) is 4. The molecule has 0 amide bonds. The van der Waals surface area contributed by atoms with E-state index in [4.69, 9.17) is 55.9 Å². The maximum atomic E-state index is 13.1. The number of hydrogen-bond donors (Lipinski definition) is 0. The largest absolute Gasteiger partial charge is 0.457 e. The van der Waals surface area contributed by atoms with Crippen LogP contribution in [0.25, 0.3) is 0 Å². The van der Waals surface area contributed by atoms with Crippen molar-refractivity contribution in [3.63, 3.8) is 0 Å². The number of alkyl halides is 4. The molecule has 4 nitrogen and oxygen atoms in total. The topological polar surface area (TPSA) is 59.3 Å². The molecule has 2 aliphatic rings. The van der Waals surface area contributed by atoms with Gasteiger partial charge in [-0.1, -0.05) is 72.4 Å². The molecule has 2 aliphatic carbocycles. The van der Waals surface area contributed by atoms with Gasteiger partial charge in [0, 0.05) is 5.56 Å². The van der Waals surface area contributed by atoms with Gasteiger partial charge in [-0.05, 0) is 41.8 Å². The Morgan fingerprint density at radius 1 is 1.06 bits per heavy atom. The summed E-state index contributed by atoms with van der Waals surface area (Å²) < 4.78 is 21.2. The molecule has 2 unspecified atom stereocenters. The second-order valence-corrected chi connectivity index (χ2v) is 10.8. The lowest BCUT2D eigenvalue weighted by Crippen LogP contribution is -2.15. The molecular weight excluding hydrogens is 487 g/mol. The molecule has 0 aliphatic heterocycles. The molecule has 0 radical (unpaired) electrons. The Labute approximate surface area is 198 Å². The summed E-state index contributed by atoms with van der Waals surface area (Å²) in [4.78, 5) is 12.9. The summed E-state index contributed by atoms with van der Waals surface area (Å²) in [5, 5.41) is 9.61. The number of halogens is 5. The van der Waals surface area contributed by atoms with Crippen LogP contribution in [0.3, 0.4) is 0 Å². The number of nitriles is 1. The first-order valence-corrected chi connectivity index (χ1v) is 10.8. The van der Waals surface area contributed by atoms with Gasteiger partial charge >= 0.3 is 5.97 Å². The van der Waals surface area contributed by atoms with Gasteiger partial charge in [0.15, 0.2) is 8.67 Å². The van der Waals surface area contributed by atoms with E-state index in [9.17, 15) is 14.4 Å². The summed E-state index contributed by atoms with van der Waals surface area (Å²) in [5.74, 6) is -0.993. The smallest absolute Gasteiger partial charge is 0.311 e. The van der Waals surface area contributed by atoms with Crippen LogP contribution in [-0.2, 0) is 9.53 Å². The maximum Gasteiger partial charge on any atom is 0.311 e. The highest BCUT2D eigenvalue weighted by molar-refractivity contribution is 6.70. The summed E-state index contributed by atoms with van der Waals surface area (Å²) in [6.07, 6.45) is -1.20. The zero-order valence-electron chi connectivity index (χ0n) is 16.3. The first kappa shape index (κ1) is 22.5. The van der Waals surface area contributed by atoms with Crippen LogP contribution in [0.1, 0.15) is 25.5 Å². The van der Waals surface area contributed by atoms with Gasteiger partial charge in [-0.15, -0.1) is 0 Å². The van der Waals surface area contributed by atoms with Gasteiger partial charge in [0.2, 0.25) is 6.10 Å². The van der Waals surface area contributed by atoms with Gasteiger partial charge in [0.25, 0.3) is 0 Å². The highest BCUT2D eigenvalue weighted by Crippen LogP contribution is 2.97. The minimum Gasteiger partial charge on any atom is -0.457 e. The van der Waals surface area contributed by atoms with E-state index >= 15 is 0 Å². The fourth-order valence-corrected chi connectivity index (χ4v) is 7.15. The van der Waals surface area contributed by atoms with Crippen molar-refractivity contribution in [2.24, 2.45) is 16.7 Å². The Kier molecular flexibility index (Phi) is 5.18. The maximum absolute atomic E-state index is 13.1. The van der Waals surface area contributed by atoms with Gasteiger partial charge in [0.1, 0.15) is 23.4 Å². The minimum atomic E-state index is -1.50. The van der Waals surface area contributed by atoms with Crippen molar-refractivity contribution in [3.8, 4) is 17.6 Å². The van der Waals surface area contributed by atoms with Gasteiger partial charge < -0.3 is 9.47 Å². The van der Waals surface area contributed by atoms with Crippen LogP contribution in [-0.4, -0.2) is 14.6 Å². The normalized spacial score (nSPS) is 24.0. The SMILES string of the molecule is CC1(C)C(C(=O)OC(C#N)c2cccc(Oc3ccc(F)cc3)c2)C12C(Cl)(Cl)C2(Cl)Cl. The van der Waals surface area contributed by atoms with E-state index in [1.54, 1.807) is 38.1 Å². The van der Waals surface area contributed by atoms with E-state index in [2.05, 4.69) is 0 Å². The summed E-state index contributed by atoms with van der Waals surface area (Å²) in [6.45, 7) is 3.56. The van der Waals surface area contributed by atoms with Gasteiger partial charge in [-0.25, -0.2) is 4.39 Å². The second-order valence-electron chi connectivity index (χ2n) is 8.19. The summed E-state index contributed by atoms with van der Waals surface area (Å²) in [5.41, 5.74) is -1.35. The summed E-state index contributed by atoms with van der Waals surface area (Å²) in [7, 11) is 0. The van der Waals surface area contributed by atoms with Crippen LogP contribution in [0.5, 0.6) is 11.5 Å². The molecule has 2 saturated carbocycles. The molecule has 0 N–H and O–H groups in total. The lowest BCUT2D eigenvalue weighted by Gasteiger charge is -2.13. The zero-order valence-corrected chi connectivity index (χ0v) is 19.4. The fourth-order valence-electron chi connectivity index (χ4n) is 4.58. The Bertz CT molecular complexity index is 1080. The molecule has 2 aromatic rings. The molecule has 2 atom stereocenters. The van der Waals surface area contributed by atoms with Crippen molar-refractivity contribution >= 4 is 52.4 Å². The number of nitrogens with zero attached hydrogens (tertiary/aromatic N) is 1. The number of ether oxygens (including phenoxy) is 2. The van der Waals surface area contributed by atoms with E-state index in [-0.39, 0.29) is 5.82 Å². The first-order valence-electron chi connectivity index (χ1n) is 9.31. The molecule has 31 heavy (non-hydrogen) atoms. The lowest BCUT2D eigenvalue weighted by atomic mass is 10.1. The van der Waals surface area contributed by atoms with Crippen molar-refractivity contribution in [1.82, 2.24) is 0 Å². The third kappa shape index (κ3) is 3.03. The van der Waals surface area contributed by atoms with E-state index in [1.807, 2.05) is 6.07 Å². The van der Waals surface area contributed by atoms with Crippen LogP contribution in [0.4, 0.5) is 4.39 Å². The predicted octanol–water partition coefficient (Wildman–Crippen LogP) is 6.73. The van der Waals surface area contributed by atoms with Crippen molar-refractivity contribution in [3.05, 3.63) is 59.9 Å². The molecule has 9 heteroatoms. The van der Waals surface area contributed by atoms with E-state index in [0.717, 1.165) is 0 Å². The summed E-state index contributed by atoms with van der Waals surface area (Å²) in [6, 6.07) is 14.0. The average Bonchev–Trinajstić information content (AvgIpc) is 3.39. The monoisotopic (exact) mass is 501 g/mol. The van der Waals surface area contributed by atoms with Gasteiger partial charge in [-0.2, -0.15) is 5.26 Å². The van der Waals surface area contributed by atoms with Gasteiger partial charge in [-0.3, -0.25) is 4.79 Å². The predicted molar refractivity (Wildman–Crippen MR) is 116 cm³/mol. The molecule has 162 valence electrons.